The average molecular weight is 388 g/mol. The maximum Gasteiger partial charge on any atom is 0.410 e. The first-order chi connectivity index (χ1) is 13.1. The van der Waals surface area contributed by atoms with Crippen molar-refractivity contribution in [3.8, 4) is 5.75 Å². The van der Waals surface area contributed by atoms with Crippen LogP contribution in [0.4, 0.5) is 4.79 Å². The molecule has 28 heavy (non-hydrogen) atoms. The molecular formula is C23H33NO4. The number of ketones is 1. The van der Waals surface area contributed by atoms with Crippen LogP contribution in [0.2, 0.25) is 0 Å². The van der Waals surface area contributed by atoms with Crippen molar-refractivity contribution in [1.82, 2.24) is 4.90 Å². The molecule has 5 heteroatoms. The van der Waals surface area contributed by atoms with E-state index in [1.165, 1.54) is 6.92 Å². The van der Waals surface area contributed by atoms with Crippen LogP contribution in [0.3, 0.4) is 0 Å². The molecule has 2 rings (SSSR count). The van der Waals surface area contributed by atoms with Crippen molar-refractivity contribution in [2.75, 3.05) is 6.54 Å². The molecule has 0 bridgehead atoms. The van der Waals surface area contributed by atoms with Gasteiger partial charge in [-0.15, -0.1) is 0 Å². The van der Waals surface area contributed by atoms with Crippen LogP contribution < -0.4 is 0 Å². The molecule has 1 aromatic carbocycles. The zero-order valence-corrected chi connectivity index (χ0v) is 17.7. The minimum Gasteiger partial charge on any atom is -0.507 e. The Labute approximate surface area is 168 Å². The number of rotatable bonds is 6. The second-order valence-corrected chi connectivity index (χ2v) is 8.47. The van der Waals surface area contributed by atoms with Gasteiger partial charge in [0.15, 0.2) is 5.78 Å². The van der Waals surface area contributed by atoms with E-state index in [-0.39, 0.29) is 23.7 Å². The van der Waals surface area contributed by atoms with Crippen LogP contribution >= 0.6 is 0 Å². The summed E-state index contributed by atoms with van der Waals surface area (Å²) in [6.45, 7) is 9.65. The second kappa shape index (κ2) is 9.26. The molecule has 1 aromatic rings. The summed E-state index contributed by atoms with van der Waals surface area (Å²) in [5.41, 5.74) is 1.44. The lowest BCUT2D eigenvalue weighted by Gasteiger charge is -2.36. The fourth-order valence-corrected chi connectivity index (χ4v) is 3.54. The van der Waals surface area contributed by atoms with E-state index in [1.807, 2.05) is 32.9 Å². The van der Waals surface area contributed by atoms with Crippen molar-refractivity contribution in [2.24, 2.45) is 0 Å². The molecule has 0 aliphatic carbocycles. The fourth-order valence-electron chi connectivity index (χ4n) is 3.54. The standard InChI is InChI=1S/C23H33NO4/c1-6-7-8-10-18-15-17(13-14-24(18)22(27)28-23(3,4)5)20-12-9-11-19(16(2)25)21(20)26/h9,11-13,18,26H,6-8,10,14-15H2,1-5H3. The SMILES string of the molecule is CCCCCC1CC(c2cccc(C(C)=O)c2O)=CCN1C(=O)OC(C)(C)C. The Morgan fingerprint density at radius 3 is 2.57 bits per heavy atom. The predicted octanol–water partition coefficient (Wildman–Crippen LogP) is 5.57. The summed E-state index contributed by atoms with van der Waals surface area (Å²) in [6, 6.07) is 5.27. The van der Waals surface area contributed by atoms with E-state index in [0.717, 1.165) is 31.3 Å². The molecule has 5 nitrogen and oxygen atoms in total. The highest BCUT2D eigenvalue weighted by Crippen LogP contribution is 2.36. The second-order valence-electron chi connectivity index (χ2n) is 8.47. The summed E-state index contributed by atoms with van der Waals surface area (Å²) in [7, 11) is 0. The lowest BCUT2D eigenvalue weighted by atomic mass is 9.89. The lowest BCUT2D eigenvalue weighted by molar-refractivity contribution is 0.0172. The molecule has 154 valence electrons. The summed E-state index contributed by atoms with van der Waals surface area (Å²) in [4.78, 5) is 26.2. The van der Waals surface area contributed by atoms with Gasteiger partial charge in [-0.05, 0) is 52.2 Å². The Kier molecular flexibility index (Phi) is 7.28. The molecular weight excluding hydrogens is 354 g/mol. The van der Waals surface area contributed by atoms with Gasteiger partial charge in [0, 0.05) is 18.2 Å². The molecule has 1 aliphatic rings. The van der Waals surface area contributed by atoms with E-state index in [1.54, 1.807) is 17.0 Å². The zero-order chi connectivity index (χ0) is 20.9. The number of hydrogen-bond donors (Lipinski definition) is 1. The van der Waals surface area contributed by atoms with Gasteiger partial charge in [-0.25, -0.2) is 4.79 Å². The molecule has 0 radical (unpaired) electrons. The fraction of sp³-hybridized carbons (Fsp3) is 0.565. The third kappa shape index (κ3) is 5.60. The topological polar surface area (TPSA) is 66.8 Å². The van der Waals surface area contributed by atoms with Crippen LogP contribution in [0, 0.1) is 0 Å². The molecule has 0 spiro atoms. The van der Waals surface area contributed by atoms with Gasteiger partial charge < -0.3 is 14.7 Å². The Morgan fingerprint density at radius 1 is 1.25 bits per heavy atom. The van der Waals surface area contributed by atoms with E-state index in [2.05, 4.69) is 6.92 Å². The number of Topliss-reactive ketones (excluding diaryl/α,β-unsaturated/α-hetero) is 1. The van der Waals surface area contributed by atoms with Crippen molar-refractivity contribution in [1.29, 1.82) is 0 Å². The molecule has 1 atom stereocenters. The Hall–Kier alpha value is -2.30. The number of ether oxygens (including phenoxy) is 1. The summed E-state index contributed by atoms with van der Waals surface area (Å²) >= 11 is 0. The first kappa shape index (κ1) is 22.0. The van der Waals surface area contributed by atoms with E-state index in [4.69, 9.17) is 4.74 Å². The van der Waals surface area contributed by atoms with Crippen LogP contribution in [0.25, 0.3) is 5.57 Å². The molecule has 1 N–H and O–H groups in total. The summed E-state index contributed by atoms with van der Waals surface area (Å²) < 4.78 is 5.59. The van der Waals surface area contributed by atoms with Gasteiger partial charge in [0.25, 0.3) is 0 Å². The van der Waals surface area contributed by atoms with Gasteiger partial charge in [-0.2, -0.15) is 0 Å². The number of phenolic OH excluding ortho intramolecular Hbond substituents is 1. The number of hydrogen-bond acceptors (Lipinski definition) is 4. The lowest BCUT2D eigenvalue weighted by Crippen LogP contribution is -2.45. The maximum atomic E-state index is 12.7. The summed E-state index contributed by atoms with van der Waals surface area (Å²) in [6.07, 6.45) is 6.44. The van der Waals surface area contributed by atoms with Crippen molar-refractivity contribution in [3.63, 3.8) is 0 Å². The average Bonchev–Trinajstić information content (AvgIpc) is 2.60. The normalized spacial score (nSPS) is 17.2. The molecule has 0 aromatic heterocycles. The number of para-hydroxylation sites is 1. The van der Waals surface area contributed by atoms with Crippen molar-refractivity contribution >= 4 is 17.4 Å². The molecule has 0 saturated carbocycles. The Morgan fingerprint density at radius 2 is 1.96 bits per heavy atom. The highest BCUT2D eigenvalue weighted by atomic mass is 16.6. The quantitative estimate of drug-likeness (QED) is 0.512. The van der Waals surface area contributed by atoms with Gasteiger partial charge >= 0.3 is 6.09 Å². The smallest absolute Gasteiger partial charge is 0.410 e. The first-order valence-electron chi connectivity index (χ1n) is 10.2. The van der Waals surface area contributed by atoms with Crippen LogP contribution in [0.5, 0.6) is 5.75 Å². The van der Waals surface area contributed by atoms with Gasteiger partial charge in [0.05, 0.1) is 5.56 Å². The number of nitrogens with zero attached hydrogens (tertiary/aromatic N) is 1. The van der Waals surface area contributed by atoms with Crippen LogP contribution in [0.15, 0.2) is 24.3 Å². The van der Waals surface area contributed by atoms with Gasteiger partial charge in [0.2, 0.25) is 0 Å². The number of carbonyl (C=O) groups excluding carboxylic acids is 2. The number of unbranched alkanes of at least 4 members (excludes halogenated alkanes) is 2. The van der Waals surface area contributed by atoms with Gasteiger partial charge in [-0.1, -0.05) is 44.4 Å². The molecule has 1 amide bonds. The first-order valence-corrected chi connectivity index (χ1v) is 10.2. The van der Waals surface area contributed by atoms with E-state index >= 15 is 0 Å². The van der Waals surface area contributed by atoms with E-state index < -0.39 is 5.60 Å². The van der Waals surface area contributed by atoms with E-state index in [9.17, 15) is 14.7 Å². The Balaban J connectivity index is 2.29. The number of carbonyl (C=O) groups is 2. The number of amides is 1. The maximum absolute atomic E-state index is 12.7. The van der Waals surface area contributed by atoms with Crippen molar-refractivity contribution < 1.29 is 19.4 Å². The van der Waals surface area contributed by atoms with Crippen LogP contribution in [-0.4, -0.2) is 40.1 Å². The summed E-state index contributed by atoms with van der Waals surface area (Å²) in [5.74, 6) is -0.134. The number of benzene rings is 1. The number of aromatic hydroxyl groups is 1. The van der Waals surface area contributed by atoms with E-state index in [0.29, 0.717) is 24.1 Å². The Bertz CT molecular complexity index is 745. The minimum absolute atomic E-state index is 0.0155. The molecule has 1 heterocycles. The third-order valence-corrected chi connectivity index (χ3v) is 4.96. The largest absolute Gasteiger partial charge is 0.507 e. The van der Waals surface area contributed by atoms with Crippen LogP contribution in [0.1, 0.15) is 82.6 Å². The molecule has 0 fully saturated rings. The van der Waals surface area contributed by atoms with Crippen LogP contribution in [-0.2, 0) is 4.74 Å². The highest BCUT2D eigenvalue weighted by Gasteiger charge is 2.31. The third-order valence-electron chi connectivity index (χ3n) is 4.96. The number of phenols is 1. The minimum atomic E-state index is -0.539. The van der Waals surface area contributed by atoms with Crippen molar-refractivity contribution in [2.45, 2.75) is 78.4 Å². The zero-order valence-electron chi connectivity index (χ0n) is 17.7. The monoisotopic (exact) mass is 387 g/mol. The predicted molar refractivity (Wildman–Crippen MR) is 112 cm³/mol. The van der Waals surface area contributed by atoms with Gasteiger partial charge in [-0.3, -0.25) is 4.79 Å². The van der Waals surface area contributed by atoms with Gasteiger partial charge in [0.1, 0.15) is 11.4 Å². The molecule has 1 aliphatic heterocycles. The highest BCUT2D eigenvalue weighted by molar-refractivity contribution is 5.98. The molecule has 0 saturated heterocycles. The molecule has 1 unspecified atom stereocenters. The summed E-state index contributed by atoms with van der Waals surface area (Å²) in [5, 5.41) is 10.6. The van der Waals surface area contributed by atoms with Crippen molar-refractivity contribution in [3.05, 3.63) is 35.4 Å².